The molecule has 1 aliphatic heterocycles. The summed E-state index contributed by atoms with van der Waals surface area (Å²) in [5, 5.41) is 14.2. The smallest absolute Gasteiger partial charge is 0.398 e. The molecule has 0 spiro atoms. The molecular weight excluding hydrogens is 563 g/mol. The van der Waals surface area contributed by atoms with Gasteiger partial charge in [-0.3, -0.25) is 14.4 Å². The van der Waals surface area contributed by atoms with Gasteiger partial charge in [0.1, 0.15) is 5.60 Å². The van der Waals surface area contributed by atoms with Crippen LogP contribution < -0.4 is 4.90 Å². The topological polar surface area (TPSA) is 102 Å². The summed E-state index contributed by atoms with van der Waals surface area (Å²) in [6.45, 7) is 6.34. The van der Waals surface area contributed by atoms with E-state index in [4.69, 9.17) is 16.3 Å². The fraction of sp³-hybridized carbons (Fsp3) is 0.586. The van der Waals surface area contributed by atoms with Gasteiger partial charge in [-0.2, -0.15) is 17.9 Å². The Balaban J connectivity index is 1.51. The molecule has 0 radical (unpaired) electrons. The minimum absolute atomic E-state index is 0.0159. The summed E-state index contributed by atoms with van der Waals surface area (Å²) in [5.41, 5.74) is -2.11. The number of carbonyl (C=O) groups excluding carboxylic acids is 2. The van der Waals surface area contributed by atoms with Gasteiger partial charge in [-0.1, -0.05) is 23.7 Å². The lowest BCUT2D eigenvalue weighted by atomic mass is 9.86. The SMILES string of the molecule is CC(C)(C)OC(=O)C1CCN(c2nn(C(=O)c3c(Cl)cccc3C3(C(F)(F)F)CC3)c3c2CC[C@H](C(=O)O)C3)CC1. The molecule has 2 heterocycles. The van der Waals surface area contributed by atoms with Crippen LogP contribution in [0, 0.1) is 11.8 Å². The van der Waals surface area contributed by atoms with Crippen molar-refractivity contribution in [3.8, 4) is 0 Å². The summed E-state index contributed by atoms with van der Waals surface area (Å²) >= 11 is 6.39. The third-order valence-corrected chi connectivity index (χ3v) is 8.68. The number of nitrogens with zero attached hydrogens (tertiary/aromatic N) is 3. The predicted molar refractivity (Wildman–Crippen MR) is 144 cm³/mol. The number of ether oxygens (including phenoxy) is 1. The molecular formula is C29H33ClF3N3O5. The molecule has 1 saturated heterocycles. The van der Waals surface area contributed by atoms with Crippen molar-refractivity contribution in [3.05, 3.63) is 45.6 Å². The number of piperidine rings is 1. The molecule has 41 heavy (non-hydrogen) atoms. The maximum Gasteiger partial charge on any atom is 0.398 e. The van der Waals surface area contributed by atoms with E-state index < -0.39 is 35.0 Å². The van der Waals surface area contributed by atoms with Crippen molar-refractivity contribution in [2.45, 2.75) is 82.9 Å². The monoisotopic (exact) mass is 595 g/mol. The quantitative estimate of drug-likeness (QED) is 0.451. The summed E-state index contributed by atoms with van der Waals surface area (Å²) in [5.74, 6) is -2.64. The first-order chi connectivity index (χ1) is 19.1. The molecule has 2 fully saturated rings. The summed E-state index contributed by atoms with van der Waals surface area (Å²) in [6, 6.07) is 4.07. The maximum absolute atomic E-state index is 14.1. The van der Waals surface area contributed by atoms with Crippen molar-refractivity contribution in [1.82, 2.24) is 9.78 Å². The third kappa shape index (κ3) is 5.45. The Bertz CT molecular complexity index is 1390. The van der Waals surface area contributed by atoms with Gasteiger partial charge in [-0.05, 0) is 70.9 Å². The number of halogens is 4. The van der Waals surface area contributed by atoms with Crippen LogP contribution in [-0.2, 0) is 32.6 Å². The first kappa shape index (κ1) is 29.4. The van der Waals surface area contributed by atoms with Gasteiger partial charge in [-0.15, -0.1) is 5.10 Å². The van der Waals surface area contributed by atoms with Gasteiger partial charge in [0, 0.05) is 25.1 Å². The predicted octanol–water partition coefficient (Wildman–Crippen LogP) is 5.57. The highest BCUT2D eigenvalue weighted by Gasteiger charge is 2.65. The van der Waals surface area contributed by atoms with Gasteiger partial charge >= 0.3 is 18.1 Å². The number of benzene rings is 1. The van der Waals surface area contributed by atoms with Crippen LogP contribution in [0.5, 0.6) is 0 Å². The van der Waals surface area contributed by atoms with E-state index in [9.17, 15) is 32.7 Å². The zero-order valence-corrected chi connectivity index (χ0v) is 23.9. The molecule has 3 aliphatic rings. The normalized spacial score (nSPS) is 20.9. The molecule has 1 N–H and O–H groups in total. The number of carboxylic acid groups (broad SMARTS) is 1. The summed E-state index contributed by atoms with van der Waals surface area (Å²) in [7, 11) is 0. The third-order valence-electron chi connectivity index (χ3n) is 8.36. The van der Waals surface area contributed by atoms with Gasteiger partial charge in [0.25, 0.3) is 5.91 Å². The fourth-order valence-electron chi connectivity index (χ4n) is 6.01. The van der Waals surface area contributed by atoms with Crippen LogP contribution in [-0.4, -0.2) is 57.6 Å². The number of carboxylic acids is 1. The molecule has 1 aromatic heterocycles. The number of aliphatic carboxylic acids is 1. The first-order valence-electron chi connectivity index (χ1n) is 13.8. The van der Waals surface area contributed by atoms with Crippen molar-refractivity contribution in [2.75, 3.05) is 18.0 Å². The standard InChI is InChI=1S/C29H33ClF3N3O5/c1-27(2,3)41-26(40)16-9-13-35(14-10-16)23-18-8-7-17(25(38)39)15-21(18)36(34-23)24(37)22-19(5-4-6-20(22)30)28(11-12-28)29(31,32)33/h4-6,16-17H,7-15H2,1-3H3,(H,38,39)/t17-/m0/s1. The van der Waals surface area contributed by atoms with Gasteiger partial charge in [0.05, 0.1) is 33.5 Å². The van der Waals surface area contributed by atoms with E-state index in [1.54, 1.807) is 0 Å². The van der Waals surface area contributed by atoms with Gasteiger partial charge in [0.2, 0.25) is 0 Å². The maximum atomic E-state index is 14.1. The number of aromatic nitrogens is 2. The Hall–Kier alpha value is -3.08. The van der Waals surface area contributed by atoms with Crippen molar-refractivity contribution in [3.63, 3.8) is 0 Å². The molecule has 8 nitrogen and oxygen atoms in total. The van der Waals surface area contributed by atoms with E-state index in [0.717, 1.165) is 4.68 Å². The number of esters is 1. The molecule has 0 bridgehead atoms. The zero-order chi connectivity index (χ0) is 29.9. The van der Waals surface area contributed by atoms with Crippen LogP contribution in [0.3, 0.4) is 0 Å². The van der Waals surface area contributed by atoms with E-state index in [-0.39, 0.29) is 47.3 Å². The molecule has 1 saturated carbocycles. The van der Waals surface area contributed by atoms with E-state index >= 15 is 0 Å². The molecule has 222 valence electrons. The lowest BCUT2D eigenvalue weighted by Crippen LogP contribution is -2.39. The van der Waals surface area contributed by atoms with Gasteiger partial charge < -0.3 is 14.7 Å². The number of carbonyl (C=O) groups is 3. The Morgan fingerprint density at radius 3 is 2.29 bits per heavy atom. The van der Waals surface area contributed by atoms with Crippen molar-refractivity contribution in [1.29, 1.82) is 0 Å². The number of alkyl halides is 3. The van der Waals surface area contributed by atoms with Crippen LogP contribution in [0.4, 0.5) is 19.0 Å². The molecule has 5 rings (SSSR count). The molecule has 2 aliphatic carbocycles. The summed E-state index contributed by atoms with van der Waals surface area (Å²) in [4.78, 5) is 40.5. The second kappa shape index (κ2) is 10.3. The average Bonchev–Trinajstić information content (AvgIpc) is 3.63. The lowest BCUT2D eigenvalue weighted by Gasteiger charge is -2.33. The number of rotatable bonds is 5. The Morgan fingerprint density at radius 2 is 1.73 bits per heavy atom. The molecule has 0 amide bonds. The van der Waals surface area contributed by atoms with E-state index in [2.05, 4.69) is 5.10 Å². The molecule has 1 atom stereocenters. The lowest BCUT2D eigenvalue weighted by molar-refractivity contribution is -0.161. The minimum Gasteiger partial charge on any atom is -0.481 e. The highest BCUT2D eigenvalue weighted by atomic mass is 35.5. The van der Waals surface area contributed by atoms with E-state index in [0.29, 0.717) is 55.8 Å². The highest BCUT2D eigenvalue weighted by molar-refractivity contribution is 6.34. The Labute approximate surface area is 240 Å². The number of fused-ring (bicyclic) bond motifs is 1. The average molecular weight is 596 g/mol. The van der Waals surface area contributed by atoms with Crippen LogP contribution in [0.25, 0.3) is 0 Å². The zero-order valence-electron chi connectivity index (χ0n) is 23.2. The first-order valence-corrected chi connectivity index (χ1v) is 14.2. The fourth-order valence-corrected chi connectivity index (χ4v) is 6.27. The van der Waals surface area contributed by atoms with Crippen molar-refractivity contribution >= 4 is 35.3 Å². The van der Waals surface area contributed by atoms with Crippen LogP contribution in [0.15, 0.2) is 18.2 Å². The van der Waals surface area contributed by atoms with Crippen LogP contribution in [0.2, 0.25) is 5.02 Å². The second-order valence-corrected chi connectivity index (χ2v) is 12.7. The summed E-state index contributed by atoms with van der Waals surface area (Å²) < 4.78 is 49.0. The minimum atomic E-state index is -4.56. The van der Waals surface area contributed by atoms with Crippen LogP contribution >= 0.6 is 11.6 Å². The molecule has 1 aromatic carbocycles. The van der Waals surface area contributed by atoms with Gasteiger partial charge in [0.15, 0.2) is 5.82 Å². The number of hydrogen-bond acceptors (Lipinski definition) is 6. The largest absolute Gasteiger partial charge is 0.481 e. The highest BCUT2D eigenvalue weighted by Crippen LogP contribution is 2.60. The Kier molecular flexibility index (Phi) is 7.41. The Morgan fingerprint density at radius 1 is 1.07 bits per heavy atom. The summed E-state index contributed by atoms with van der Waals surface area (Å²) in [6.07, 6.45) is -3.13. The van der Waals surface area contributed by atoms with Crippen molar-refractivity contribution < 1.29 is 37.4 Å². The molecule has 2 aromatic rings. The molecule has 12 heteroatoms. The van der Waals surface area contributed by atoms with Gasteiger partial charge in [-0.25, -0.2) is 0 Å². The van der Waals surface area contributed by atoms with E-state index in [1.165, 1.54) is 18.2 Å². The number of anilines is 1. The molecule has 0 unspecified atom stereocenters. The second-order valence-electron chi connectivity index (χ2n) is 12.3. The van der Waals surface area contributed by atoms with Crippen molar-refractivity contribution in [2.24, 2.45) is 11.8 Å². The number of hydrogen-bond donors (Lipinski definition) is 1. The van der Waals surface area contributed by atoms with E-state index in [1.807, 2.05) is 25.7 Å². The van der Waals surface area contributed by atoms with Crippen LogP contribution in [0.1, 0.15) is 80.1 Å².